The summed E-state index contributed by atoms with van der Waals surface area (Å²) in [7, 11) is 0. The van der Waals surface area contributed by atoms with Gasteiger partial charge in [-0.1, -0.05) is 20.8 Å². The number of ether oxygens (including phenoxy) is 1. The molecule has 3 rings (SSSR count). The van der Waals surface area contributed by atoms with E-state index in [-0.39, 0.29) is 22.2 Å². The van der Waals surface area contributed by atoms with Crippen LogP contribution in [0.5, 0.6) is 5.75 Å². The van der Waals surface area contributed by atoms with Gasteiger partial charge in [-0.25, -0.2) is 9.07 Å². The maximum Gasteiger partial charge on any atom is 0.323 e. The number of carbonyl (C=O) groups is 2. The SMILES string of the molecule is Cc1c(C(=O)N(CC(=O)O)c2ccc(OCC(C)(C)C)c(C#N)c2)cnn1-c1ccc(F)cc1. The van der Waals surface area contributed by atoms with E-state index in [1.807, 2.05) is 26.8 Å². The minimum absolute atomic E-state index is 0.126. The zero-order valence-corrected chi connectivity index (χ0v) is 19.4. The number of aliphatic carboxylic acids is 1. The van der Waals surface area contributed by atoms with E-state index >= 15 is 0 Å². The van der Waals surface area contributed by atoms with Gasteiger partial charge in [-0.3, -0.25) is 14.5 Å². The van der Waals surface area contributed by atoms with E-state index in [4.69, 9.17) is 4.74 Å². The molecule has 0 spiro atoms. The van der Waals surface area contributed by atoms with Gasteiger partial charge in [0, 0.05) is 5.69 Å². The number of anilines is 1. The van der Waals surface area contributed by atoms with Crippen molar-refractivity contribution in [3.05, 3.63) is 71.3 Å². The number of carboxylic acids is 1. The first-order chi connectivity index (χ1) is 16.0. The highest BCUT2D eigenvalue weighted by atomic mass is 19.1. The standard InChI is InChI=1S/C25H25FN4O4/c1-16-21(13-28-30(16)19-7-5-18(26)6-8-19)24(33)29(14-23(31)32)20-9-10-22(17(11-20)12-27)34-15-25(2,3)4/h5-11,13H,14-15H2,1-4H3,(H,31,32). The Bertz CT molecular complexity index is 1250. The molecule has 176 valence electrons. The van der Waals surface area contributed by atoms with Crippen molar-refractivity contribution in [2.45, 2.75) is 27.7 Å². The molecule has 2 aromatic carbocycles. The number of carboxylic acid groups (broad SMARTS) is 1. The van der Waals surface area contributed by atoms with Gasteiger partial charge in [0.05, 0.1) is 35.3 Å². The smallest absolute Gasteiger partial charge is 0.323 e. The summed E-state index contributed by atoms with van der Waals surface area (Å²) in [5.41, 5.74) is 1.48. The predicted octanol–water partition coefficient (Wildman–Crippen LogP) is 4.35. The van der Waals surface area contributed by atoms with E-state index in [0.29, 0.717) is 23.7 Å². The molecule has 0 aliphatic rings. The second-order valence-electron chi connectivity index (χ2n) is 8.96. The highest BCUT2D eigenvalue weighted by molar-refractivity contribution is 6.08. The lowest BCUT2D eigenvalue weighted by Crippen LogP contribution is -2.36. The molecule has 9 heteroatoms. The lowest BCUT2D eigenvalue weighted by molar-refractivity contribution is -0.135. The van der Waals surface area contributed by atoms with Crippen molar-refractivity contribution >= 4 is 17.6 Å². The summed E-state index contributed by atoms with van der Waals surface area (Å²) in [6.07, 6.45) is 1.34. The topological polar surface area (TPSA) is 108 Å². The molecule has 0 radical (unpaired) electrons. The number of hydrogen-bond donors (Lipinski definition) is 1. The monoisotopic (exact) mass is 464 g/mol. The Kier molecular flexibility index (Phi) is 7.01. The van der Waals surface area contributed by atoms with Gasteiger partial charge in [0.15, 0.2) is 0 Å². The molecular formula is C25H25FN4O4. The van der Waals surface area contributed by atoms with Crippen LogP contribution in [0.4, 0.5) is 10.1 Å². The maximum absolute atomic E-state index is 13.4. The molecule has 34 heavy (non-hydrogen) atoms. The number of amides is 1. The van der Waals surface area contributed by atoms with Crippen molar-refractivity contribution in [1.82, 2.24) is 9.78 Å². The van der Waals surface area contributed by atoms with Gasteiger partial charge >= 0.3 is 5.97 Å². The van der Waals surface area contributed by atoms with Crippen LogP contribution in [0.25, 0.3) is 5.69 Å². The van der Waals surface area contributed by atoms with E-state index in [2.05, 4.69) is 5.10 Å². The van der Waals surface area contributed by atoms with Crippen LogP contribution < -0.4 is 9.64 Å². The molecule has 1 N–H and O–H groups in total. The molecule has 0 bridgehead atoms. The Hall–Kier alpha value is -4.19. The summed E-state index contributed by atoms with van der Waals surface area (Å²) in [5.74, 6) is -1.87. The van der Waals surface area contributed by atoms with Crippen LogP contribution in [-0.4, -0.2) is 39.9 Å². The maximum atomic E-state index is 13.4. The molecular weight excluding hydrogens is 439 g/mol. The molecule has 0 aliphatic heterocycles. The van der Waals surface area contributed by atoms with Crippen molar-refractivity contribution in [2.24, 2.45) is 5.41 Å². The first-order valence-electron chi connectivity index (χ1n) is 10.5. The van der Waals surface area contributed by atoms with Crippen molar-refractivity contribution in [2.75, 3.05) is 18.1 Å². The zero-order valence-electron chi connectivity index (χ0n) is 19.4. The van der Waals surface area contributed by atoms with Gasteiger partial charge in [0.25, 0.3) is 5.91 Å². The summed E-state index contributed by atoms with van der Waals surface area (Å²) in [5, 5.41) is 23.2. The minimum atomic E-state index is -1.22. The van der Waals surface area contributed by atoms with E-state index in [1.165, 1.54) is 41.2 Å². The highest BCUT2D eigenvalue weighted by Crippen LogP contribution is 2.28. The zero-order chi connectivity index (χ0) is 25.0. The second kappa shape index (κ2) is 9.75. The molecule has 1 aromatic heterocycles. The van der Waals surface area contributed by atoms with Crippen LogP contribution in [0.3, 0.4) is 0 Å². The summed E-state index contributed by atoms with van der Waals surface area (Å²) in [6, 6.07) is 12.2. The predicted molar refractivity (Wildman–Crippen MR) is 124 cm³/mol. The van der Waals surface area contributed by atoms with Crippen LogP contribution in [0.15, 0.2) is 48.7 Å². The normalized spacial score (nSPS) is 11.1. The molecule has 0 unspecified atom stereocenters. The van der Waals surface area contributed by atoms with Gasteiger partial charge in [0.2, 0.25) is 0 Å². The molecule has 0 saturated carbocycles. The highest BCUT2D eigenvalue weighted by Gasteiger charge is 2.25. The number of nitriles is 1. The Labute approximate surface area is 196 Å². The second-order valence-corrected chi connectivity index (χ2v) is 8.96. The quantitative estimate of drug-likeness (QED) is 0.557. The molecule has 8 nitrogen and oxygen atoms in total. The van der Waals surface area contributed by atoms with E-state index in [0.717, 1.165) is 4.90 Å². The number of benzene rings is 2. The van der Waals surface area contributed by atoms with Crippen LogP contribution in [0.2, 0.25) is 0 Å². The molecule has 1 heterocycles. The third-order valence-electron chi connectivity index (χ3n) is 4.91. The Morgan fingerprint density at radius 2 is 1.88 bits per heavy atom. The number of nitrogens with zero attached hydrogens (tertiary/aromatic N) is 4. The molecule has 0 atom stereocenters. The summed E-state index contributed by atoms with van der Waals surface area (Å²) >= 11 is 0. The minimum Gasteiger partial charge on any atom is -0.492 e. The summed E-state index contributed by atoms with van der Waals surface area (Å²) in [6.45, 7) is 7.40. The summed E-state index contributed by atoms with van der Waals surface area (Å²) in [4.78, 5) is 26.0. The fraction of sp³-hybridized carbons (Fsp3) is 0.280. The Balaban J connectivity index is 1.96. The van der Waals surface area contributed by atoms with E-state index in [1.54, 1.807) is 19.1 Å². The number of hydrogen-bond acceptors (Lipinski definition) is 5. The van der Waals surface area contributed by atoms with Crippen LogP contribution in [0, 0.1) is 29.5 Å². The first kappa shape index (κ1) is 24.5. The molecule has 0 fully saturated rings. The van der Waals surface area contributed by atoms with Crippen molar-refractivity contribution in [1.29, 1.82) is 5.26 Å². The van der Waals surface area contributed by atoms with Crippen molar-refractivity contribution in [3.8, 4) is 17.5 Å². The average molecular weight is 464 g/mol. The third-order valence-corrected chi connectivity index (χ3v) is 4.91. The molecule has 0 aliphatic carbocycles. The average Bonchev–Trinajstić information content (AvgIpc) is 3.16. The van der Waals surface area contributed by atoms with Crippen LogP contribution in [-0.2, 0) is 4.79 Å². The fourth-order valence-corrected chi connectivity index (χ4v) is 3.22. The number of aromatic nitrogens is 2. The fourth-order valence-electron chi connectivity index (χ4n) is 3.22. The van der Waals surface area contributed by atoms with Crippen LogP contribution >= 0.6 is 0 Å². The molecule has 0 saturated heterocycles. The van der Waals surface area contributed by atoms with Crippen molar-refractivity contribution in [3.63, 3.8) is 0 Å². The summed E-state index contributed by atoms with van der Waals surface area (Å²) < 4.78 is 20.5. The lowest BCUT2D eigenvalue weighted by atomic mass is 9.98. The van der Waals surface area contributed by atoms with Gasteiger partial charge < -0.3 is 9.84 Å². The largest absolute Gasteiger partial charge is 0.492 e. The molecule has 3 aromatic rings. The van der Waals surface area contributed by atoms with Gasteiger partial charge in [-0.05, 0) is 54.8 Å². The van der Waals surface area contributed by atoms with Gasteiger partial charge in [0.1, 0.15) is 24.2 Å². The van der Waals surface area contributed by atoms with Crippen molar-refractivity contribution < 1.29 is 23.8 Å². The first-order valence-corrected chi connectivity index (χ1v) is 10.5. The van der Waals surface area contributed by atoms with E-state index in [9.17, 15) is 24.3 Å². The number of halogens is 1. The van der Waals surface area contributed by atoms with Crippen LogP contribution in [0.1, 0.15) is 42.4 Å². The third kappa shape index (κ3) is 5.59. The number of rotatable bonds is 7. The van der Waals surface area contributed by atoms with E-state index < -0.39 is 24.2 Å². The van der Waals surface area contributed by atoms with Gasteiger partial charge in [-0.15, -0.1) is 0 Å². The Morgan fingerprint density at radius 1 is 1.21 bits per heavy atom. The van der Waals surface area contributed by atoms with Gasteiger partial charge in [-0.2, -0.15) is 10.4 Å². The lowest BCUT2D eigenvalue weighted by Gasteiger charge is -2.23. The Morgan fingerprint density at radius 3 is 2.47 bits per heavy atom. The number of carbonyl (C=O) groups excluding carboxylic acids is 1. The molecule has 1 amide bonds.